The molecule has 1 unspecified atom stereocenters. The average Bonchev–Trinajstić information content (AvgIpc) is 2.91. The topological polar surface area (TPSA) is 78.8 Å². The van der Waals surface area contributed by atoms with Gasteiger partial charge in [0.1, 0.15) is 12.6 Å². The van der Waals surface area contributed by atoms with Crippen molar-refractivity contribution >= 4 is 17.7 Å². The second-order valence-corrected chi connectivity index (χ2v) is 8.16. The highest BCUT2D eigenvalue weighted by molar-refractivity contribution is 5.96. The molecule has 158 valence electrons. The van der Waals surface area contributed by atoms with Crippen LogP contribution in [0.3, 0.4) is 0 Å². The predicted octanol–water partition coefficient (Wildman–Crippen LogP) is 1.12. The summed E-state index contributed by atoms with van der Waals surface area (Å²) in [5.41, 5.74) is 3.44. The minimum atomic E-state index is -0.515. The maximum absolute atomic E-state index is 13.2. The molecule has 1 aromatic carbocycles. The van der Waals surface area contributed by atoms with Crippen LogP contribution in [0.4, 0.5) is 0 Å². The molecule has 2 fully saturated rings. The highest BCUT2D eigenvalue weighted by Gasteiger charge is 2.41. The van der Waals surface area contributed by atoms with Crippen LogP contribution in [0, 0.1) is 13.8 Å². The lowest BCUT2D eigenvalue weighted by molar-refractivity contribution is -0.156. The largest absolute Gasteiger partial charge is 0.335 e. The van der Waals surface area contributed by atoms with E-state index in [0.717, 1.165) is 16.8 Å². The van der Waals surface area contributed by atoms with Gasteiger partial charge >= 0.3 is 0 Å². The molecule has 0 bridgehead atoms. The smallest absolute Gasteiger partial charge is 0.274 e. The number of aryl methyl sites for hydroxylation is 3. The van der Waals surface area contributed by atoms with E-state index in [2.05, 4.69) is 5.10 Å². The van der Waals surface area contributed by atoms with E-state index in [0.29, 0.717) is 38.3 Å². The zero-order valence-corrected chi connectivity index (χ0v) is 17.7. The van der Waals surface area contributed by atoms with Crippen LogP contribution in [0.5, 0.6) is 0 Å². The Kier molecular flexibility index (Phi) is 5.32. The molecule has 2 aliphatic heterocycles. The zero-order chi connectivity index (χ0) is 21.4. The summed E-state index contributed by atoms with van der Waals surface area (Å²) in [6.07, 6.45) is 0.437. The van der Waals surface area contributed by atoms with Crippen molar-refractivity contribution in [2.45, 2.75) is 32.9 Å². The molecule has 2 aromatic rings. The predicted molar refractivity (Wildman–Crippen MR) is 111 cm³/mol. The SMILES string of the molecule is Cc1cccc(CN2CC(=O)N3CCN(C(=O)c4cc(C)n(C)n4)CCC3C2=O)c1. The van der Waals surface area contributed by atoms with Crippen LogP contribution in [0.25, 0.3) is 0 Å². The Morgan fingerprint density at radius 2 is 1.93 bits per heavy atom. The second-order valence-electron chi connectivity index (χ2n) is 8.16. The number of piperazine rings is 1. The molecule has 0 radical (unpaired) electrons. The van der Waals surface area contributed by atoms with E-state index >= 15 is 0 Å². The Bertz CT molecular complexity index is 979. The van der Waals surface area contributed by atoms with Crippen molar-refractivity contribution in [3.05, 3.63) is 52.8 Å². The van der Waals surface area contributed by atoms with Crippen molar-refractivity contribution in [1.82, 2.24) is 24.5 Å². The Labute approximate surface area is 176 Å². The van der Waals surface area contributed by atoms with Crippen molar-refractivity contribution in [3.63, 3.8) is 0 Å². The molecular weight excluding hydrogens is 382 g/mol. The summed E-state index contributed by atoms with van der Waals surface area (Å²) in [6.45, 7) is 5.60. The standard InChI is InChI=1S/C22H27N5O3/c1-15-5-4-6-17(11-15)13-26-14-20(28)27-10-9-25(8-7-19(27)22(26)30)21(29)18-12-16(2)24(3)23-18/h4-6,11-12,19H,7-10,13-14H2,1-3H3. The summed E-state index contributed by atoms with van der Waals surface area (Å²) in [7, 11) is 1.80. The van der Waals surface area contributed by atoms with Crippen molar-refractivity contribution in [1.29, 1.82) is 0 Å². The van der Waals surface area contributed by atoms with Gasteiger partial charge in [-0.15, -0.1) is 0 Å². The second kappa shape index (κ2) is 7.93. The minimum Gasteiger partial charge on any atom is -0.335 e. The van der Waals surface area contributed by atoms with Crippen molar-refractivity contribution < 1.29 is 14.4 Å². The minimum absolute atomic E-state index is 0.0425. The number of amides is 3. The molecule has 3 amide bonds. The number of aromatic nitrogens is 2. The van der Waals surface area contributed by atoms with Crippen molar-refractivity contribution in [2.24, 2.45) is 7.05 Å². The first kappa shape index (κ1) is 20.1. The van der Waals surface area contributed by atoms with Gasteiger partial charge in [0.05, 0.1) is 0 Å². The first-order chi connectivity index (χ1) is 14.3. The van der Waals surface area contributed by atoms with E-state index in [1.54, 1.807) is 32.5 Å². The number of carbonyl (C=O) groups is 3. The lowest BCUT2D eigenvalue weighted by Crippen LogP contribution is -2.59. The quantitative estimate of drug-likeness (QED) is 0.761. The van der Waals surface area contributed by atoms with E-state index < -0.39 is 6.04 Å². The van der Waals surface area contributed by atoms with Gasteiger partial charge in [-0.05, 0) is 31.9 Å². The molecule has 2 saturated heterocycles. The van der Waals surface area contributed by atoms with E-state index in [1.165, 1.54) is 0 Å². The average molecular weight is 409 g/mol. The van der Waals surface area contributed by atoms with Crippen LogP contribution in [-0.4, -0.2) is 74.4 Å². The molecule has 3 heterocycles. The maximum Gasteiger partial charge on any atom is 0.274 e. The molecule has 1 atom stereocenters. The first-order valence-electron chi connectivity index (χ1n) is 10.3. The monoisotopic (exact) mass is 409 g/mol. The lowest BCUT2D eigenvalue weighted by atomic mass is 10.1. The van der Waals surface area contributed by atoms with Gasteiger partial charge in [0.15, 0.2) is 5.69 Å². The van der Waals surface area contributed by atoms with Crippen LogP contribution in [0.1, 0.15) is 33.7 Å². The summed E-state index contributed by atoms with van der Waals surface area (Å²) >= 11 is 0. The molecule has 1 aromatic heterocycles. The number of benzene rings is 1. The molecule has 0 N–H and O–H groups in total. The van der Waals surface area contributed by atoms with Gasteiger partial charge in [-0.25, -0.2) is 0 Å². The number of hydrogen-bond donors (Lipinski definition) is 0. The van der Waals surface area contributed by atoms with Crippen LogP contribution in [0.15, 0.2) is 30.3 Å². The third-order valence-corrected chi connectivity index (χ3v) is 5.98. The normalized spacial score (nSPS) is 19.7. The lowest BCUT2D eigenvalue weighted by Gasteiger charge is -2.39. The van der Waals surface area contributed by atoms with Gasteiger partial charge in [0, 0.05) is 38.9 Å². The fourth-order valence-corrected chi connectivity index (χ4v) is 4.22. The van der Waals surface area contributed by atoms with Crippen LogP contribution < -0.4 is 0 Å². The molecule has 2 aliphatic rings. The van der Waals surface area contributed by atoms with E-state index in [1.807, 2.05) is 38.1 Å². The summed E-state index contributed by atoms with van der Waals surface area (Å²) in [6, 6.07) is 9.22. The third kappa shape index (κ3) is 3.81. The van der Waals surface area contributed by atoms with E-state index in [9.17, 15) is 14.4 Å². The van der Waals surface area contributed by atoms with Crippen LogP contribution >= 0.6 is 0 Å². The van der Waals surface area contributed by atoms with Gasteiger partial charge in [0.25, 0.3) is 5.91 Å². The number of hydrogen-bond acceptors (Lipinski definition) is 4. The number of fused-ring (bicyclic) bond motifs is 1. The summed E-state index contributed by atoms with van der Waals surface area (Å²) in [5.74, 6) is -0.260. The fraction of sp³-hybridized carbons (Fsp3) is 0.455. The molecular formula is C22H27N5O3. The van der Waals surface area contributed by atoms with Gasteiger partial charge in [-0.3, -0.25) is 19.1 Å². The van der Waals surface area contributed by atoms with Gasteiger partial charge in [-0.2, -0.15) is 5.10 Å². The maximum atomic E-state index is 13.2. The molecule has 0 saturated carbocycles. The molecule has 8 heteroatoms. The van der Waals surface area contributed by atoms with Crippen molar-refractivity contribution in [3.8, 4) is 0 Å². The van der Waals surface area contributed by atoms with Gasteiger partial charge < -0.3 is 14.7 Å². The molecule has 8 nitrogen and oxygen atoms in total. The van der Waals surface area contributed by atoms with Crippen molar-refractivity contribution in [2.75, 3.05) is 26.2 Å². The summed E-state index contributed by atoms with van der Waals surface area (Å²) in [4.78, 5) is 43.8. The first-order valence-corrected chi connectivity index (χ1v) is 10.3. The summed E-state index contributed by atoms with van der Waals surface area (Å²) < 4.78 is 1.67. The van der Waals surface area contributed by atoms with Gasteiger partial charge in [0.2, 0.25) is 11.8 Å². The molecule has 0 aliphatic carbocycles. The highest BCUT2D eigenvalue weighted by atomic mass is 16.2. The molecule has 4 rings (SSSR count). The zero-order valence-electron chi connectivity index (χ0n) is 17.7. The Morgan fingerprint density at radius 3 is 2.63 bits per heavy atom. The number of carbonyl (C=O) groups excluding carboxylic acids is 3. The van der Waals surface area contributed by atoms with Gasteiger partial charge in [-0.1, -0.05) is 29.8 Å². The Balaban J connectivity index is 1.48. The number of rotatable bonds is 3. The molecule has 0 spiro atoms. The summed E-state index contributed by atoms with van der Waals surface area (Å²) in [5, 5.41) is 4.27. The van der Waals surface area contributed by atoms with E-state index in [-0.39, 0.29) is 24.3 Å². The molecule has 30 heavy (non-hydrogen) atoms. The van der Waals surface area contributed by atoms with Crippen LogP contribution in [-0.2, 0) is 23.2 Å². The third-order valence-electron chi connectivity index (χ3n) is 5.98. The Morgan fingerprint density at radius 1 is 1.13 bits per heavy atom. The number of nitrogens with zero attached hydrogens (tertiary/aromatic N) is 5. The Hall–Kier alpha value is -3.16. The highest BCUT2D eigenvalue weighted by Crippen LogP contribution is 2.22. The van der Waals surface area contributed by atoms with E-state index in [4.69, 9.17) is 0 Å². The van der Waals surface area contributed by atoms with Crippen LogP contribution in [0.2, 0.25) is 0 Å². The fourth-order valence-electron chi connectivity index (χ4n) is 4.22.